The zero-order chi connectivity index (χ0) is 10.1. The summed E-state index contributed by atoms with van der Waals surface area (Å²) in [7, 11) is 0. The molecule has 0 aromatic carbocycles. The molecule has 0 bridgehead atoms. The van der Waals surface area contributed by atoms with Gasteiger partial charge in [-0.2, -0.15) is 5.10 Å². The molecule has 0 spiro atoms. The number of hydrogen-bond acceptors (Lipinski definition) is 4. The summed E-state index contributed by atoms with van der Waals surface area (Å²) in [5.74, 6) is 0.496. The number of aromatic amines is 1. The van der Waals surface area contributed by atoms with Gasteiger partial charge < -0.3 is 10.2 Å². The minimum Gasteiger partial charge on any atom is -0.428 e. The molecule has 0 amide bonds. The molecule has 0 atom stereocenters. The van der Waals surface area contributed by atoms with Gasteiger partial charge in [-0.1, -0.05) is 0 Å². The molecule has 0 saturated carbocycles. The Bertz CT molecular complexity index is 499. The first kappa shape index (κ1) is 8.55. The predicted octanol–water partition coefficient (Wildman–Crippen LogP) is 0.921. The summed E-state index contributed by atoms with van der Waals surface area (Å²) < 4.78 is 4.93. The van der Waals surface area contributed by atoms with Crippen molar-refractivity contribution < 1.29 is 4.42 Å². The van der Waals surface area contributed by atoms with Crippen LogP contribution in [0.4, 0.5) is 5.69 Å². The van der Waals surface area contributed by atoms with Crippen LogP contribution in [0.25, 0.3) is 11.3 Å². The average Bonchev–Trinajstić information content (AvgIpc) is 2.54. The molecule has 2 heterocycles. The van der Waals surface area contributed by atoms with Crippen LogP contribution in [-0.4, -0.2) is 10.2 Å². The molecule has 0 saturated heterocycles. The quantitative estimate of drug-likeness (QED) is 0.701. The zero-order valence-corrected chi connectivity index (χ0v) is 7.57. The molecule has 3 N–H and O–H groups in total. The van der Waals surface area contributed by atoms with E-state index in [1.54, 1.807) is 25.3 Å². The van der Waals surface area contributed by atoms with E-state index in [4.69, 9.17) is 10.2 Å². The molecule has 72 valence electrons. The summed E-state index contributed by atoms with van der Waals surface area (Å²) in [6.45, 7) is 1.68. The average molecular weight is 191 g/mol. The smallest absolute Gasteiger partial charge is 0.347 e. The Morgan fingerprint density at radius 3 is 2.93 bits per heavy atom. The van der Waals surface area contributed by atoms with E-state index < -0.39 is 5.63 Å². The Hall–Kier alpha value is -2.04. The fourth-order valence-corrected chi connectivity index (χ4v) is 1.30. The van der Waals surface area contributed by atoms with Crippen molar-refractivity contribution in [2.45, 2.75) is 6.92 Å². The number of nitrogen functional groups attached to an aromatic ring is 1. The fraction of sp³-hybridized carbons (Fsp3) is 0.111. The second kappa shape index (κ2) is 3.02. The molecule has 0 aliphatic carbocycles. The summed E-state index contributed by atoms with van der Waals surface area (Å²) >= 11 is 0. The van der Waals surface area contributed by atoms with Crippen LogP contribution in [0.3, 0.4) is 0 Å². The third-order valence-corrected chi connectivity index (χ3v) is 1.88. The first-order chi connectivity index (χ1) is 6.68. The number of nitrogens with one attached hydrogen (secondary N) is 1. The zero-order valence-electron chi connectivity index (χ0n) is 7.57. The van der Waals surface area contributed by atoms with Crippen molar-refractivity contribution >= 4 is 5.69 Å². The van der Waals surface area contributed by atoms with Crippen molar-refractivity contribution in [3.05, 3.63) is 34.5 Å². The number of hydrogen-bond donors (Lipinski definition) is 2. The predicted molar refractivity (Wildman–Crippen MR) is 51.7 cm³/mol. The highest BCUT2D eigenvalue weighted by Crippen LogP contribution is 2.19. The first-order valence-electron chi connectivity index (χ1n) is 4.08. The molecule has 0 aliphatic rings. The molecule has 0 radical (unpaired) electrons. The van der Waals surface area contributed by atoms with Crippen LogP contribution in [0.5, 0.6) is 0 Å². The molecule has 0 aliphatic heterocycles. The van der Waals surface area contributed by atoms with E-state index in [9.17, 15) is 4.79 Å². The maximum Gasteiger partial charge on any atom is 0.347 e. The lowest BCUT2D eigenvalue weighted by atomic mass is 10.2. The highest BCUT2D eigenvalue weighted by atomic mass is 16.4. The van der Waals surface area contributed by atoms with Crippen molar-refractivity contribution in [2.24, 2.45) is 0 Å². The highest BCUT2D eigenvalue weighted by Gasteiger charge is 2.10. The second-order valence-electron chi connectivity index (χ2n) is 2.95. The number of aromatic nitrogens is 2. The van der Waals surface area contributed by atoms with Crippen LogP contribution < -0.4 is 11.4 Å². The van der Waals surface area contributed by atoms with Crippen molar-refractivity contribution in [1.29, 1.82) is 0 Å². The monoisotopic (exact) mass is 191 g/mol. The Kier molecular flexibility index (Phi) is 1.85. The van der Waals surface area contributed by atoms with Crippen LogP contribution in [0.15, 0.2) is 27.5 Å². The number of nitrogens with two attached hydrogens (primary N) is 1. The molecular weight excluding hydrogens is 182 g/mol. The summed E-state index contributed by atoms with van der Waals surface area (Å²) in [5.41, 5.74) is 6.54. The lowest BCUT2D eigenvalue weighted by Crippen LogP contribution is -2.07. The van der Waals surface area contributed by atoms with Gasteiger partial charge in [0.25, 0.3) is 0 Å². The van der Waals surface area contributed by atoms with E-state index in [-0.39, 0.29) is 0 Å². The van der Waals surface area contributed by atoms with Crippen LogP contribution in [0, 0.1) is 6.92 Å². The summed E-state index contributed by atoms with van der Waals surface area (Å²) in [5, 5.41) is 6.41. The molecular formula is C9H9N3O2. The van der Waals surface area contributed by atoms with Gasteiger partial charge in [0.05, 0.1) is 11.4 Å². The van der Waals surface area contributed by atoms with E-state index in [0.29, 0.717) is 22.7 Å². The number of anilines is 1. The van der Waals surface area contributed by atoms with Crippen molar-refractivity contribution in [2.75, 3.05) is 5.73 Å². The molecule has 2 aromatic heterocycles. The topological polar surface area (TPSA) is 84.9 Å². The summed E-state index contributed by atoms with van der Waals surface area (Å²) in [6, 6.07) is 3.27. The Morgan fingerprint density at radius 2 is 2.36 bits per heavy atom. The molecule has 0 fully saturated rings. The molecule has 2 aromatic rings. The highest BCUT2D eigenvalue weighted by molar-refractivity contribution is 5.71. The molecule has 2 rings (SSSR count). The minimum absolute atomic E-state index is 0.327. The first-order valence-corrected chi connectivity index (χ1v) is 4.08. The van der Waals surface area contributed by atoms with Crippen molar-refractivity contribution in [1.82, 2.24) is 10.2 Å². The number of aryl methyl sites for hydroxylation is 1. The van der Waals surface area contributed by atoms with Crippen LogP contribution >= 0.6 is 0 Å². The summed E-state index contributed by atoms with van der Waals surface area (Å²) in [4.78, 5) is 11.5. The Labute approximate surface area is 79.6 Å². The van der Waals surface area contributed by atoms with E-state index in [1.165, 1.54) is 0 Å². The second-order valence-corrected chi connectivity index (χ2v) is 2.95. The number of rotatable bonds is 1. The standard InChI is InChI=1S/C9H9N3O2/c1-5-4-6(10)8(9(13)14-5)7-2-3-11-12-7/h2-4H,10H2,1H3,(H,11,12). The summed E-state index contributed by atoms with van der Waals surface area (Å²) in [6.07, 6.45) is 1.55. The van der Waals surface area contributed by atoms with Gasteiger partial charge in [0.1, 0.15) is 11.3 Å². The molecule has 0 unspecified atom stereocenters. The third-order valence-electron chi connectivity index (χ3n) is 1.88. The van der Waals surface area contributed by atoms with Gasteiger partial charge in [-0.15, -0.1) is 0 Å². The van der Waals surface area contributed by atoms with Crippen LogP contribution in [-0.2, 0) is 0 Å². The maximum atomic E-state index is 11.5. The Balaban J connectivity index is 2.71. The van der Waals surface area contributed by atoms with E-state index >= 15 is 0 Å². The van der Waals surface area contributed by atoms with Gasteiger partial charge in [-0.25, -0.2) is 4.79 Å². The van der Waals surface area contributed by atoms with Crippen LogP contribution in [0.2, 0.25) is 0 Å². The van der Waals surface area contributed by atoms with E-state index in [1.807, 2.05) is 0 Å². The SMILES string of the molecule is Cc1cc(N)c(-c2ccn[nH]2)c(=O)o1. The molecule has 14 heavy (non-hydrogen) atoms. The van der Waals surface area contributed by atoms with Gasteiger partial charge >= 0.3 is 5.63 Å². The van der Waals surface area contributed by atoms with E-state index in [0.717, 1.165) is 0 Å². The van der Waals surface area contributed by atoms with Crippen LogP contribution in [0.1, 0.15) is 5.76 Å². The van der Waals surface area contributed by atoms with Crippen molar-refractivity contribution in [3.8, 4) is 11.3 Å². The minimum atomic E-state index is -0.452. The Morgan fingerprint density at radius 1 is 1.57 bits per heavy atom. The fourth-order valence-electron chi connectivity index (χ4n) is 1.30. The van der Waals surface area contributed by atoms with E-state index in [2.05, 4.69) is 10.2 Å². The van der Waals surface area contributed by atoms with Gasteiger partial charge in [0.15, 0.2) is 0 Å². The lowest BCUT2D eigenvalue weighted by molar-refractivity contribution is 0.483. The molecule has 5 heteroatoms. The normalized spacial score (nSPS) is 10.4. The van der Waals surface area contributed by atoms with Gasteiger partial charge in [-0.3, -0.25) is 5.10 Å². The van der Waals surface area contributed by atoms with Gasteiger partial charge in [-0.05, 0) is 13.0 Å². The van der Waals surface area contributed by atoms with Gasteiger partial charge in [0.2, 0.25) is 0 Å². The largest absolute Gasteiger partial charge is 0.428 e. The number of H-pyrrole nitrogens is 1. The molecule has 5 nitrogen and oxygen atoms in total. The number of nitrogens with zero attached hydrogens (tertiary/aromatic N) is 1. The maximum absolute atomic E-state index is 11.5. The third kappa shape index (κ3) is 1.28. The van der Waals surface area contributed by atoms with Crippen molar-refractivity contribution in [3.63, 3.8) is 0 Å². The van der Waals surface area contributed by atoms with Gasteiger partial charge in [0, 0.05) is 12.3 Å². The lowest BCUT2D eigenvalue weighted by Gasteiger charge is -2.01.